The summed E-state index contributed by atoms with van der Waals surface area (Å²) in [6.07, 6.45) is 0. The normalized spacial score (nSPS) is 10.9. The molecule has 0 saturated heterocycles. The second-order valence-corrected chi connectivity index (χ2v) is 7.38. The number of rotatable bonds is 2. The van der Waals surface area contributed by atoms with Crippen LogP contribution in [0, 0.1) is 11.3 Å². The summed E-state index contributed by atoms with van der Waals surface area (Å²) in [5.74, 6) is -0.288. The number of ketones is 1. The molecule has 0 N–H and O–H groups in total. The van der Waals surface area contributed by atoms with E-state index in [4.69, 9.17) is 0 Å². The SMILES string of the molecule is N#Cc1cc(C(=O)c2ccc(Br)cc2)n2c(=O)c3ccccc3sc12. The molecule has 25 heavy (non-hydrogen) atoms. The molecule has 0 saturated carbocycles. The van der Waals surface area contributed by atoms with E-state index in [9.17, 15) is 14.9 Å². The molecule has 6 heteroatoms. The van der Waals surface area contributed by atoms with E-state index in [0.717, 1.165) is 9.17 Å². The fourth-order valence-corrected chi connectivity index (χ4v) is 4.12. The molecule has 0 aliphatic heterocycles. The molecular weight excluding hydrogens is 400 g/mol. The van der Waals surface area contributed by atoms with Gasteiger partial charge in [-0.2, -0.15) is 5.26 Å². The molecule has 0 atom stereocenters. The van der Waals surface area contributed by atoms with Gasteiger partial charge in [0.15, 0.2) is 0 Å². The van der Waals surface area contributed by atoms with Crippen molar-refractivity contribution in [1.82, 2.24) is 4.40 Å². The predicted octanol–water partition coefficient (Wildman–Crippen LogP) is 4.38. The van der Waals surface area contributed by atoms with E-state index in [1.54, 1.807) is 36.4 Å². The maximum absolute atomic E-state index is 12.9. The van der Waals surface area contributed by atoms with Crippen LogP contribution in [0.25, 0.3) is 14.9 Å². The molecule has 4 rings (SSSR count). The minimum absolute atomic E-state index is 0.209. The maximum atomic E-state index is 12.9. The van der Waals surface area contributed by atoms with Crippen LogP contribution in [-0.2, 0) is 0 Å². The lowest BCUT2D eigenvalue weighted by Crippen LogP contribution is -2.17. The third-order valence-corrected chi connectivity index (χ3v) is 5.64. The molecule has 0 fully saturated rings. The highest BCUT2D eigenvalue weighted by Gasteiger charge is 2.20. The first-order valence-electron chi connectivity index (χ1n) is 7.38. The van der Waals surface area contributed by atoms with Crippen LogP contribution in [0.15, 0.2) is 63.9 Å². The minimum Gasteiger partial charge on any atom is -0.287 e. The van der Waals surface area contributed by atoms with Gasteiger partial charge in [0.1, 0.15) is 10.9 Å². The summed E-state index contributed by atoms with van der Waals surface area (Å²) in [6.45, 7) is 0. The Morgan fingerprint density at radius 1 is 1.12 bits per heavy atom. The molecule has 0 spiro atoms. The molecule has 0 bridgehead atoms. The molecule has 0 unspecified atom stereocenters. The van der Waals surface area contributed by atoms with E-state index in [1.165, 1.54) is 21.8 Å². The van der Waals surface area contributed by atoms with Crippen LogP contribution >= 0.6 is 27.3 Å². The molecule has 0 amide bonds. The van der Waals surface area contributed by atoms with Crippen LogP contribution in [0.4, 0.5) is 0 Å². The number of nitriles is 1. The van der Waals surface area contributed by atoms with Crippen molar-refractivity contribution < 1.29 is 4.79 Å². The molecular formula is C19H9BrN2O2S. The average molecular weight is 409 g/mol. The highest BCUT2D eigenvalue weighted by Crippen LogP contribution is 2.26. The first-order valence-corrected chi connectivity index (χ1v) is 8.99. The summed E-state index contributed by atoms with van der Waals surface area (Å²) in [6, 6.07) is 17.7. The van der Waals surface area contributed by atoms with E-state index in [-0.39, 0.29) is 17.0 Å². The number of hydrogen-bond acceptors (Lipinski definition) is 4. The summed E-state index contributed by atoms with van der Waals surface area (Å²) in [4.78, 5) is 26.3. The van der Waals surface area contributed by atoms with Crippen molar-refractivity contribution in [2.24, 2.45) is 0 Å². The lowest BCUT2D eigenvalue weighted by molar-refractivity contribution is 0.103. The van der Waals surface area contributed by atoms with Crippen LogP contribution in [-0.4, -0.2) is 10.2 Å². The van der Waals surface area contributed by atoms with E-state index in [2.05, 4.69) is 22.0 Å². The average Bonchev–Trinajstić information content (AvgIpc) is 3.01. The molecule has 0 aliphatic carbocycles. The second kappa shape index (κ2) is 5.96. The third kappa shape index (κ3) is 2.49. The number of aromatic nitrogens is 1. The van der Waals surface area contributed by atoms with Crippen LogP contribution in [0.2, 0.25) is 0 Å². The Morgan fingerprint density at radius 3 is 2.56 bits per heavy atom. The zero-order valence-electron chi connectivity index (χ0n) is 12.7. The summed E-state index contributed by atoms with van der Waals surface area (Å²) in [5, 5.41) is 9.96. The van der Waals surface area contributed by atoms with E-state index in [1.807, 2.05) is 12.1 Å². The van der Waals surface area contributed by atoms with Crippen LogP contribution in [0.1, 0.15) is 21.6 Å². The molecule has 0 aliphatic rings. The monoisotopic (exact) mass is 408 g/mol. The van der Waals surface area contributed by atoms with Gasteiger partial charge in [-0.1, -0.05) is 28.1 Å². The van der Waals surface area contributed by atoms with Crippen molar-refractivity contribution >= 4 is 48.0 Å². The molecule has 4 aromatic rings. The van der Waals surface area contributed by atoms with Crippen molar-refractivity contribution in [2.75, 3.05) is 0 Å². The van der Waals surface area contributed by atoms with Crippen molar-refractivity contribution in [3.8, 4) is 6.07 Å². The zero-order valence-corrected chi connectivity index (χ0v) is 15.1. The Morgan fingerprint density at radius 2 is 1.84 bits per heavy atom. The van der Waals surface area contributed by atoms with Crippen molar-refractivity contribution in [2.45, 2.75) is 0 Å². The van der Waals surface area contributed by atoms with Gasteiger partial charge in [0.25, 0.3) is 5.56 Å². The standard InChI is InChI=1S/C19H9BrN2O2S/c20-13-7-5-11(6-8-13)17(23)15-9-12(10-21)19-22(15)18(24)14-3-1-2-4-16(14)25-19/h1-9H. The van der Waals surface area contributed by atoms with Gasteiger partial charge in [0.2, 0.25) is 5.78 Å². The smallest absolute Gasteiger partial charge is 0.265 e. The van der Waals surface area contributed by atoms with Crippen LogP contribution in [0.5, 0.6) is 0 Å². The van der Waals surface area contributed by atoms with Gasteiger partial charge in [-0.15, -0.1) is 11.3 Å². The van der Waals surface area contributed by atoms with Gasteiger partial charge >= 0.3 is 0 Å². The first-order chi connectivity index (χ1) is 12.1. The quantitative estimate of drug-likeness (QED) is 0.462. The van der Waals surface area contributed by atoms with Crippen molar-refractivity contribution in [1.29, 1.82) is 5.26 Å². The van der Waals surface area contributed by atoms with E-state index < -0.39 is 0 Å². The Labute approximate surface area is 154 Å². The van der Waals surface area contributed by atoms with Gasteiger partial charge < -0.3 is 0 Å². The van der Waals surface area contributed by atoms with Gasteiger partial charge in [0, 0.05) is 14.7 Å². The Balaban J connectivity index is 2.06. The number of fused-ring (bicyclic) bond motifs is 2. The maximum Gasteiger partial charge on any atom is 0.265 e. The fraction of sp³-hybridized carbons (Fsp3) is 0. The van der Waals surface area contributed by atoms with Gasteiger partial charge in [-0.3, -0.25) is 14.0 Å². The third-order valence-electron chi connectivity index (χ3n) is 3.94. The number of halogens is 1. The number of nitrogens with zero attached hydrogens (tertiary/aromatic N) is 2. The number of hydrogen-bond donors (Lipinski definition) is 0. The number of carbonyl (C=O) groups excluding carboxylic acids is 1. The highest BCUT2D eigenvalue weighted by molar-refractivity contribution is 9.10. The van der Waals surface area contributed by atoms with Gasteiger partial charge in [0.05, 0.1) is 16.6 Å². The number of carbonyl (C=O) groups is 1. The largest absolute Gasteiger partial charge is 0.287 e. The number of benzene rings is 2. The Kier molecular flexibility index (Phi) is 3.75. The highest BCUT2D eigenvalue weighted by atomic mass is 79.9. The molecule has 0 radical (unpaired) electrons. The molecule has 4 nitrogen and oxygen atoms in total. The van der Waals surface area contributed by atoms with E-state index in [0.29, 0.717) is 21.3 Å². The Hall–Kier alpha value is -2.75. The lowest BCUT2D eigenvalue weighted by atomic mass is 10.1. The molecule has 2 heterocycles. The van der Waals surface area contributed by atoms with Crippen molar-refractivity contribution in [3.63, 3.8) is 0 Å². The molecule has 120 valence electrons. The summed E-state index contributed by atoms with van der Waals surface area (Å²) in [5.41, 5.74) is 0.713. The van der Waals surface area contributed by atoms with Crippen LogP contribution < -0.4 is 5.56 Å². The van der Waals surface area contributed by atoms with E-state index >= 15 is 0 Å². The summed E-state index contributed by atoms with van der Waals surface area (Å²) < 4.78 is 3.01. The lowest BCUT2D eigenvalue weighted by Gasteiger charge is -2.04. The fourth-order valence-electron chi connectivity index (χ4n) is 2.75. The minimum atomic E-state index is -0.288. The topological polar surface area (TPSA) is 62.3 Å². The second-order valence-electron chi connectivity index (χ2n) is 5.44. The van der Waals surface area contributed by atoms with Gasteiger partial charge in [-0.05, 0) is 42.5 Å². The van der Waals surface area contributed by atoms with Gasteiger partial charge in [-0.25, -0.2) is 0 Å². The summed E-state index contributed by atoms with van der Waals surface area (Å²) in [7, 11) is 0. The Bertz CT molecular complexity index is 1250. The zero-order chi connectivity index (χ0) is 17.6. The first kappa shape index (κ1) is 15.8. The predicted molar refractivity (Wildman–Crippen MR) is 101 cm³/mol. The molecule has 2 aromatic heterocycles. The van der Waals surface area contributed by atoms with Crippen LogP contribution in [0.3, 0.4) is 0 Å². The summed E-state index contributed by atoms with van der Waals surface area (Å²) >= 11 is 4.67. The molecule has 2 aromatic carbocycles. The van der Waals surface area contributed by atoms with Crippen molar-refractivity contribution in [3.05, 3.63) is 86.2 Å².